The molecule has 0 bridgehead atoms. The van der Waals surface area contributed by atoms with E-state index in [1.54, 1.807) is 7.05 Å². The lowest BCUT2D eigenvalue weighted by atomic mass is 9.85. The van der Waals surface area contributed by atoms with Crippen molar-refractivity contribution in [1.29, 1.82) is 0 Å². The molecule has 1 fully saturated rings. The topological polar surface area (TPSA) is 38.3 Å². The Hall–Kier alpha value is -0.570. The largest absolute Gasteiger partial charge is 0.380 e. The zero-order valence-electron chi connectivity index (χ0n) is 8.67. The Bertz CT molecular complexity index is 180. The van der Waals surface area contributed by atoms with Gasteiger partial charge in [0.15, 0.2) is 0 Å². The predicted octanol–water partition coefficient (Wildman–Crippen LogP) is 1.04. The Balaban J connectivity index is 2.46. The van der Waals surface area contributed by atoms with Gasteiger partial charge in [0.25, 0.3) is 0 Å². The van der Waals surface area contributed by atoms with Gasteiger partial charge in [-0.05, 0) is 18.3 Å². The fourth-order valence-electron chi connectivity index (χ4n) is 1.71. The first kappa shape index (κ1) is 10.5. The monoisotopic (exact) mass is 185 g/mol. The zero-order chi connectivity index (χ0) is 9.84. The highest BCUT2D eigenvalue weighted by Crippen LogP contribution is 2.25. The molecule has 2 unspecified atom stereocenters. The number of hydrogen-bond acceptors (Lipinski definition) is 2. The van der Waals surface area contributed by atoms with E-state index in [9.17, 15) is 4.79 Å². The number of rotatable bonds is 2. The summed E-state index contributed by atoms with van der Waals surface area (Å²) in [6, 6.07) is 0. The van der Waals surface area contributed by atoms with Crippen molar-refractivity contribution in [2.24, 2.45) is 17.8 Å². The minimum absolute atomic E-state index is 0.0612. The molecule has 0 aromatic carbocycles. The van der Waals surface area contributed by atoms with Crippen molar-refractivity contribution in [3.63, 3.8) is 0 Å². The average molecular weight is 185 g/mol. The van der Waals surface area contributed by atoms with E-state index < -0.39 is 0 Å². The predicted molar refractivity (Wildman–Crippen MR) is 51.3 cm³/mol. The molecular weight excluding hydrogens is 166 g/mol. The van der Waals surface area contributed by atoms with E-state index >= 15 is 0 Å². The molecule has 3 nitrogen and oxygen atoms in total. The molecule has 0 saturated carbocycles. The third kappa shape index (κ3) is 2.69. The number of carbonyl (C=O) groups is 1. The van der Waals surface area contributed by atoms with Gasteiger partial charge in [0.2, 0.25) is 5.91 Å². The maximum atomic E-state index is 11.3. The van der Waals surface area contributed by atoms with Crippen LogP contribution in [0.2, 0.25) is 0 Å². The van der Waals surface area contributed by atoms with E-state index in [1.165, 1.54) is 0 Å². The van der Waals surface area contributed by atoms with Gasteiger partial charge >= 0.3 is 0 Å². The van der Waals surface area contributed by atoms with Crippen LogP contribution in [0, 0.1) is 17.8 Å². The fraction of sp³-hybridized carbons (Fsp3) is 0.900. The molecule has 1 heterocycles. The van der Waals surface area contributed by atoms with Crippen LogP contribution in [0.4, 0.5) is 0 Å². The van der Waals surface area contributed by atoms with Crippen LogP contribution in [0.15, 0.2) is 0 Å². The average Bonchev–Trinajstić information content (AvgIpc) is 2.17. The van der Waals surface area contributed by atoms with Crippen molar-refractivity contribution in [3.8, 4) is 0 Å². The van der Waals surface area contributed by atoms with Crippen molar-refractivity contribution in [3.05, 3.63) is 0 Å². The molecule has 0 spiro atoms. The van der Waals surface area contributed by atoms with Crippen molar-refractivity contribution in [2.75, 3.05) is 20.3 Å². The second-order valence-corrected chi connectivity index (χ2v) is 4.09. The van der Waals surface area contributed by atoms with E-state index in [1.807, 2.05) is 0 Å². The molecule has 2 atom stereocenters. The van der Waals surface area contributed by atoms with Gasteiger partial charge in [-0.25, -0.2) is 0 Å². The Morgan fingerprint density at radius 3 is 2.69 bits per heavy atom. The SMILES string of the molecule is CNC(=O)C1COCC(C(C)C)C1. The zero-order valence-corrected chi connectivity index (χ0v) is 8.67. The molecule has 1 saturated heterocycles. The standard InChI is InChI=1S/C10H19NO2/c1-7(2)8-4-9(6-13-5-8)10(12)11-3/h7-9H,4-6H2,1-3H3,(H,11,12). The normalized spacial score (nSPS) is 28.9. The summed E-state index contributed by atoms with van der Waals surface area (Å²) in [5, 5.41) is 2.68. The molecule has 1 N–H and O–H groups in total. The van der Waals surface area contributed by atoms with Gasteiger partial charge < -0.3 is 10.1 Å². The van der Waals surface area contributed by atoms with Gasteiger partial charge in [-0.1, -0.05) is 13.8 Å². The molecule has 76 valence electrons. The van der Waals surface area contributed by atoms with Crippen LogP contribution in [-0.4, -0.2) is 26.2 Å². The van der Waals surface area contributed by atoms with E-state index in [-0.39, 0.29) is 11.8 Å². The fourth-order valence-corrected chi connectivity index (χ4v) is 1.71. The van der Waals surface area contributed by atoms with Crippen molar-refractivity contribution in [1.82, 2.24) is 5.32 Å². The van der Waals surface area contributed by atoms with Crippen LogP contribution in [0.3, 0.4) is 0 Å². The second kappa shape index (κ2) is 4.61. The van der Waals surface area contributed by atoms with Crippen molar-refractivity contribution in [2.45, 2.75) is 20.3 Å². The molecule has 0 aromatic rings. The summed E-state index contributed by atoms with van der Waals surface area (Å²) in [5.74, 6) is 1.32. The number of carbonyl (C=O) groups excluding carboxylic acids is 1. The summed E-state index contributed by atoms with van der Waals surface area (Å²) in [6.45, 7) is 5.76. The number of nitrogens with one attached hydrogen (secondary N) is 1. The van der Waals surface area contributed by atoms with E-state index in [2.05, 4.69) is 19.2 Å². The van der Waals surface area contributed by atoms with E-state index in [0.29, 0.717) is 18.4 Å². The molecule has 1 aliphatic rings. The van der Waals surface area contributed by atoms with Gasteiger partial charge in [0.05, 0.1) is 12.5 Å². The lowest BCUT2D eigenvalue weighted by molar-refractivity contribution is -0.130. The Morgan fingerprint density at radius 2 is 2.15 bits per heavy atom. The molecule has 0 aliphatic carbocycles. The van der Waals surface area contributed by atoms with E-state index in [0.717, 1.165) is 13.0 Å². The minimum atomic E-state index is 0.0612. The van der Waals surface area contributed by atoms with Gasteiger partial charge in [-0.3, -0.25) is 4.79 Å². The van der Waals surface area contributed by atoms with Gasteiger partial charge in [-0.15, -0.1) is 0 Å². The quantitative estimate of drug-likeness (QED) is 0.698. The summed E-state index contributed by atoms with van der Waals surface area (Å²) in [5.41, 5.74) is 0. The first-order chi connectivity index (χ1) is 6.15. The number of ether oxygens (including phenoxy) is 1. The van der Waals surface area contributed by atoms with Crippen LogP contribution in [0.1, 0.15) is 20.3 Å². The van der Waals surface area contributed by atoms with Crippen LogP contribution < -0.4 is 5.32 Å². The second-order valence-electron chi connectivity index (χ2n) is 4.09. The summed E-state index contributed by atoms with van der Waals surface area (Å²) in [7, 11) is 1.68. The van der Waals surface area contributed by atoms with Gasteiger partial charge in [0.1, 0.15) is 0 Å². The van der Waals surface area contributed by atoms with E-state index in [4.69, 9.17) is 4.74 Å². The minimum Gasteiger partial charge on any atom is -0.380 e. The Kier molecular flexibility index (Phi) is 3.72. The van der Waals surface area contributed by atoms with Crippen LogP contribution in [0.5, 0.6) is 0 Å². The molecule has 0 radical (unpaired) electrons. The lowest BCUT2D eigenvalue weighted by Crippen LogP contribution is -2.38. The molecule has 1 aliphatic heterocycles. The van der Waals surface area contributed by atoms with Crippen LogP contribution in [0.25, 0.3) is 0 Å². The Morgan fingerprint density at radius 1 is 1.46 bits per heavy atom. The molecule has 3 heteroatoms. The van der Waals surface area contributed by atoms with Crippen LogP contribution >= 0.6 is 0 Å². The van der Waals surface area contributed by atoms with Gasteiger partial charge in [-0.2, -0.15) is 0 Å². The highest BCUT2D eigenvalue weighted by atomic mass is 16.5. The first-order valence-corrected chi connectivity index (χ1v) is 4.94. The maximum absolute atomic E-state index is 11.3. The molecule has 13 heavy (non-hydrogen) atoms. The maximum Gasteiger partial charge on any atom is 0.225 e. The molecule has 1 amide bonds. The Labute approximate surface area is 79.8 Å². The van der Waals surface area contributed by atoms with Crippen molar-refractivity contribution < 1.29 is 9.53 Å². The first-order valence-electron chi connectivity index (χ1n) is 4.94. The molecular formula is C10H19NO2. The third-order valence-electron chi connectivity index (χ3n) is 2.80. The molecule has 0 aromatic heterocycles. The van der Waals surface area contributed by atoms with Crippen molar-refractivity contribution >= 4 is 5.91 Å². The summed E-state index contributed by atoms with van der Waals surface area (Å²) in [6.07, 6.45) is 0.970. The summed E-state index contributed by atoms with van der Waals surface area (Å²) >= 11 is 0. The highest BCUT2D eigenvalue weighted by molar-refractivity contribution is 5.78. The number of hydrogen-bond donors (Lipinski definition) is 1. The van der Waals surface area contributed by atoms with Gasteiger partial charge in [0, 0.05) is 13.7 Å². The number of amides is 1. The smallest absolute Gasteiger partial charge is 0.225 e. The summed E-state index contributed by atoms with van der Waals surface area (Å²) < 4.78 is 5.42. The highest BCUT2D eigenvalue weighted by Gasteiger charge is 2.28. The molecule has 1 rings (SSSR count). The third-order valence-corrected chi connectivity index (χ3v) is 2.80. The lowest BCUT2D eigenvalue weighted by Gasteiger charge is -2.30. The summed E-state index contributed by atoms with van der Waals surface area (Å²) in [4.78, 5) is 11.3. The van der Waals surface area contributed by atoms with Crippen LogP contribution in [-0.2, 0) is 9.53 Å².